The molecule has 30 heavy (non-hydrogen) atoms. The van der Waals surface area contributed by atoms with Gasteiger partial charge in [0.05, 0.1) is 6.54 Å². The average molecular weight is 411 g/mol. The molecule has 2 aromatic carbocycles. The van der Waals surface area contributed by atoms with Crippen molar-refractivity contribution >= 4 is 17.6 Å². The number of amides is 1. The van der Waals surface area contributed by atoms with Crippen LogP contribution >= 0.6 is 0 Å². The molecule has 1 aliphatic rings. The molecule has 2 aromatic rings. The smallest absolute Gasteiger partial charge is 0.225 e. The third-order valence-corrected chi connectivity index (χ3v) is 4.86. The SMILES string of the molecule is CCNC(=NCC(O)COc1cccc(C)c1)NCC1CC(=O)Nc2ccccc21. The van der Waals surface area contributed by atoms with E-state index >= 15 is 0 Å². The zero-order valence-electron chi connectivity index (χ0n) is 17.5. The third kappa shape index (κ3) is 6.22. The number of aliphatic imine (C=N–C) groups is 1. The van der Waals surface area contributed by atoms with Crippen LogP contribution in [0.25, 0.3) is 0 Å². The highest BCUT2D eigenvalue weighted by atomic mass is 16.5. The first-order valence-corrected chi connectivity index (χ1v) is 10.3. The van der Waals surface area contributed by atoms with Crippen LogP contribution in [-0.2, 0) is 4.79 Å². The van der Waals surface area contributed by atoms with Gasteiger partial charge < -0.3 is 25.8 Å². The minimum absolute atomic E-state index is 0.0196. The van der Waals surface area contributed by atoms with Crippen LogP contribution in [-0.4, -0.2) is 49.3 Å². The van der Waals surface area contributed by atoms with Gasteiger partial charge in [-0.05, 0) is 43.2 Å². The van der Waals surface area contributed by atoms with Gasteiger partial charge in [-0.15, -0.1) is 0 Å². The number of aryl methyl sites for hydroxylation is 1. The van der Waals surface area contributed by atoms with Crippen molar-refractivity contribution in [1.82, 2.24) is 10.6 Å². The van der Waals surface area contributed by atoms with Crippen LogP contribution in [0.15, 0.2) is 53.5 Å². The Hall–Kier alpha value is -3.06. The Labute approximate surface area is 177 Å². The van der Waals surface area contributed by atoms with Crippen molar-refractivity contribution in [3.63, 3.8) is 0 Å². The monoisotopic (exact) mass is 410 g/mol. The summed E-state index contributed by atoms with van der Waals surface area (Å²) in [6.07, 6.45) is -0.293. The number of ether oxygens (including phenoxy) is 1. The van der Waals surface area contributed by atoms with Crippen molar-refractivity contribution in [3.05, 3.63) is 59.7 Å². The summed E-state index contributed by atoms with van der Waals surface area (Å²) in [5.74, 6) is 1.42. The van der Waals surface area contributed by atoms with Gasteiger partial charge in [0.25, 0.3) is 0 Å². The number of aliphatic hydroxyl groups excluding tert-OH is 1. The third-order valence-electron chi connectivity index (χ3n) is 4.86. The second kappa shape index (κ2) is 10.6. The second-order valence-corrected chi connectivity index (χ2v) is 7.42. The van der Waals surface area contributed by atoms with Crippen molar-refractivity contribution in [2.75, 3.05) is 31.6 Å². The van der Waals surface area contributed by atoms with Gasteiger partial charge in [-0.3, -0.25) is 9.79 Å². The first-order chi connectivity index (χ1) is 14.5. The quantitative estimate of drug-likeness (QED) is 0.396. The van der Waals surface area contributed by atoms with Crippen LogP contribution in [0.3, 0.4) is 0 Å². The maximum atomic E-state index is 12.0. The van der Waals surface area contributed by atoms with Gasteiger partial charge in [0.2, 0.25) is 5.91 Å². The maximum Gasteiger partial charge on any atom is 0.225 e. The van der Waals surface area contributed by atoms with E-state index in [1.165, 1.54) is 0 Å². The van der Waals surface area contributed by atoms with Crippen LogP contribution < -0.4 is 20.7 Å². The Morgan fingerprint density at radius 3 is 2.90 bits per heavy atom. The Morgan fingerprint density at radius 1 is 1.27 bits per heavy atom. The standard InChI is InChI=1S/C23H30N4O3/c1-3-24-23(26-14-18(28)15-30-19-8-6-7-16(2)11-19)25-13-17-12-22(29)27-21-10-5-4-9-20(17)21/h4-11,17-18,28H,3,12-15H2,1-2H3,(H,27,29)(H2,24,25,26). The molecule has 7 heteroatoms. The van der Waals surface area contributed by atoms with E-state index in [1.54, 1.807) is 0 Å². The number of carbonyl (C=O) groups is 1. The number of benzene rings is 2. The van der Waals surface area contributed by atoms with Crippen LogP contribution in [0.2, 0.25) is 0 Å². The lowest BCUT2D eigenvalue weighted by Gasteiger charge is -2.26. The zero-order chi connectivity index (χ0) is 21.3. The summed E-state index contributed by atoms with van der Waals surface area (Å²) in [7, 11) is 0. The molecule has 0 saturated heterocycles. The van der Waals surface area contributed by atoms with Gasteiger partial charge in [-0.1, -0.05) is 30.3 Å². The molecular weight excluding hydrogens is 380 g/mol. The summed E-state index contributed by atoms with van der Waals surface area (Å²) in [6, 6.07) is 15.6. The molecule has 1 heterocycles. The second-order valence-electron chi connectivity index (χ2n) is 7.42. The molecular formula is C23H30N4O3. The number of guanidine groups is 1. The van der Waals surface area contributed by atoms with Gasteiger partial charge in [0, 0.05) is 31.1 Å². The van der Waals surface area contributed by atoms with E-state index in [-0.39, 0.29) is 25.0 Å². The van der Waals surface area contributed by atoms with Crippen LogP contribution in [0.5, 0.6) is 5.75 Å². The van der Waals surface area contributed by atoms with E-state index in [2.05, 4.69) is 20.9 Å². The number of para-hydroxylation sites is 1. The van der Waals surface area contributed by atoms with E-state index in [1.807, 2.05) is 62.4 Å². The number of nitrogens with zero attached hydrogens (tertiary/aromatic N) is 1. The molecule has 0 saturated carbocycles. The lowest BCUT2D eigenvalue weighted by atomic mass is 9.90. The molecule has 0 fully saturated rings. The summed E-state index contributed by atoms with van der Waals surface area (Å²) in [5.41, 5.74) is 3.09. The average Bonchev–Trinajstić information content (AvgIpc) is 2.74. The number of aliphatic hydroxyl groups is 1. The predicted octanol–water partition coefficient (Wildman–Crippen LogP) is 2.42. The van der Waals surface area contributed by atoms with Gasteiger partial charge in [0.15, 0.2) is 5.96 Å². The number of hydrogen-bond acceptors (Lipinski definition) is 4. The Kier molecular flexibility index (Phi) is 7.68. The number of nitrogens with one attached hydrogen (secondary N) is 3. The molecule has 0 bridgehead atoms. The van der Waals surface area contributed by atoms with Crippen molar-refractivity contribution in [2.24, 2.45) is 4.99 Å². The summed E-state index contributed by atoms with van der Waals surface area (Å²) in [4.78, 5) is 16.5. The first-order valence-electron chi connectivity index (χ1n) is 10.3. The van der Waals surface area contributed by atoms with Crippen LogP contribution in [0, 0.1) is 6.92 Å². The molecule has 7 nitrogen and oxygen atoms in total. The van der Waals surface area contributed by atoms with Crippen molar-refractivity contribution in [1.29, 1.82) is 0 Å². The number of rotatable bonds is 8. The molecule has 0 radical (unpaired) electrons. The number of fused-ring (bicyclic) bond motifs is 1. The maximum absolute atomic E-state index is 12.0. The fourth-order valence-corrected chi connectivity index (χ4v) is 3.39. The van der Waals surface area contributed by atoms with Crippen molar-refractivity contribution in [3.8, 4) is 5.75 Å². The largest absolute Gasteiger partial charge is 0.491 e. The Bertz CT molecular complexity index is 884. The molecule has 0 aliphatic carbocycles. The summed E-state index contributed by atoms with van der Waals surface area (Å²) >= 11 is 0. The molecule has 0 aromatic heterocycles. The molecule has 2 atom stereocenters. The fraction of sp³-hybridized carbons (Fsp3) is 0.391. The van der Waals surface area contributed by atoms with E-state index in [4.69, 9.17) is 4.74 Å². The Morgan fingerprint density at radius 2 is 2.10 bits per heavy atom. The highest BCUT2D eigenvalue weighted by Crippen LogP contribution is 2.31. The first kappa shape index (κ1) is 21.6. The highest BCUT2D eigenvalue weighted by molar-refractivity contribution is 5.94. The van der Waals surface area contributed by atoms with E-state index in [9.17, 15) is 9.90 Å². The van der Waals surface area contributed by atoms with Gasteiger partial charge in [0.1, 0.15) is 18.5 Å². The minimum atomic E-state index is -0.720. The van der Waals surface area contributed by atoms with E-state index < -0.39 is 6.10 Å². The van der Waals surface area contributed by atoms with Crippen molar-refractivity contribution < 1.29 is 14.6 Å². The van der Waals surface area contributed by atoms with Crippen molar-refractivity contribution in [2.45, 2.75) is 32.3 Å². The molecule has 160 valence electrons. The molecule has 4 N–H and O–H groups in total. The van der Waals surface area contributed by atoms with Gasteiger partial charge in [-0.2, -0.15) is 0 Å². The number of anilines is 1. The van der Waals surface area contributed by atoms with E-state index in [0.717, 1.165) is 22.6 Å². The predicted molar refractivity (Wildman–Crippen MR) is 119 cm³/mol. The molecule has 3 rings (SSSR count). The summed E-state index contributed by atoms with van der Waals surface area (Å²) in [6.45, 7) is 5.63. The van der Waals surface area contributed by atoms with Gasteiger partial charge >= 0.3 is 0 Å². The van der Waals surface area contributed by atoms with Crippen LogP contribution in [0.1, 0.15) is 30.4 Å². The summed E-state index contributed by atoms with van der Waals surface area (Å²) < 4.78 is 5.64. The topological polar surface area (TPSA) is 95.0 Å². The minimum Gasteiger partial charge on any atom is -0.491 e. The molecule has 2 unspecified atom stereocenters. The molecule has 1 amide bonds. The fourth-order valence-electron chi connectivity index (χ4n) is 3.39. The number of hydrogen-bond donors (Lipinski definition) is 4. The molecule has 1 aliphatic heterocycles. The lowest BCUT2D eigenvalue weighted by molar-refractivity contribution is -0.116. The Balaban J connectivity index is 1.53. The van der Waals surface area contributed by atoms with Crippen LogP contribution in [0.4, 0.5) is 5.69 Å². The van der Waals surface area contributed by atoms with E-state index in [0.29, 0.717) is 25.5 Å². The summed E-state index contributed by atoms with van der Waals surface area (Å²) in [5, 5.41) is 19.6. The number of carbonyl (C=O) groups excluding carboxylic acids is 1. The zero-order valence-corrected chi connectivity index (χ0v) is 17.5. The molecule has 0 spiro atoms. The van der Waals surface area contributed by atoms with Gasteiger partial charge in [-0.25, -0.2) is 0 Å². The lowest BCUT2D eigenvalue weighted by Crippen LogP contribution is -2.41. The normalized spacial score (nSPS) is 17.0. The highest BCUT2D eigenvalue weighted by Gasteiger charge is 2.24.